The van der Waals surface area contributed by atoms with Crippen molar-refractivity contribution in [3.05, 3.63) is 23.9 Å². The molecule has 0 saturated heterocycles. The highest BCUT2D eigenvalue weighted by atomic mass is 16.5. The minimum Gasteiger partial charge on any atom is -0.477 e. The summed E-state index contributed by atoms with van der Waals surface area (Å²) in [5.41, 5.74) is 6.78. The van der Waals surface area contributed by atoms with Gasteiger partial charge in [0, 0.05) is 18.3 Å². The van der Waals surface area contributed by atoms with Gasteiger partial charge in [-0.15, -0.1) is 0 Å². The van der Waals surface area contributed by atoms with Crippen LogP contribution in [0.5, 0.6) is 5.88 Å². The number of hydrogen-bond donors (Lipinski definition) is 1. The Balaban J connectivity index is 2.43. The molecule has 16 heavy (non-hydrogen) atoms. The average Bonchev–Trinajstić information content (AvgIpc) is 2.27. The Morgan fingerprint density at radius 2 is 2.12 bits per heavy atom. The highest BCUT2D eigenvalue weighted by molar-refractivity contribution is 5.19. The maximum Gasteiger partial charge on any atom is 0.213 e. The Morgan fingerprint density at radius 3 is 2.62 bits per heavy atom. The molecule has 2 N–H and O–H groups in total. The summed E-state index contributed by atoms with van der Waals surface area (Å²) in [6.45, 7) is 7.06. The molecule has 90 valence electrons. The Hall–Kier alpha value is -1.09. The van der Waals surface area contributed by atoms with Gasteiger partial charge in [-0.25, -0.2) is 4.98 Å². The Morgan fingerprint density at radius 1 is 1.38 bits per heavy atom. The minimum absolute atomic E-state index is 0.0283. The van der Waals surface area contributed by atoms with Crippen molar-refractivity contribution in [2.45, 2.75) is 39.7 Å². The molecule has 0 saturated carbocycles. The summed E-state index contributed by atoms with van der Waals surface area (Å²) in [5.74, 6) is 1.27. The van der Waals surface area contributed by atoms with Crippen LogP contribution < -0.4 is 10.5 Å². The molecule has 2 atom stereocenters. The van der Waals surface area contributed by atoms with Gasteiger partial charge in [-0.3, -0.25) is 0 Å². The highest BCUT2D eigenvalue weighted by Crippen LogP contribution is 2.14. The van der Waals surface area contributed by atoms with E-state index in [9.17, 15) is 0 Å². The van der Waals surface area contributed by atoms with Gasteiger partial charge in [0.1, 0.15) is 0 Å². The molecule has 0 aliphatic carbocycles. The van der Waals surface area contributed by atoms with Gasteiger partial charge in [-0.05, 0) is 24.8 Å². The predicted molar refractivity (Wildman–Crippen MR) is 66.4 cm³/mol. The second-order valence-corrected chi connectivity index (χ2v) is 4.42. The summed E-state index contributed by atoms with van der Waals surface area (Å²) >= 11 is 0. The van der Waals surface area contributed by atoms with Crippen LogP contribution in [-0.4, -0.2) is 11.6 Å². The smallest absolute Gasteiger partial charge is 0.213 e. The summed E-state index contributed by atoms with van der Waals surface area (Å²) < 4.78 is 5.60. The van der Waals surface area contributed by atoms with E-state index in [1.807, 2.05) is 19.1 Å². The van der Waals surface area contributed by atoms with Gasteiger partial charge in [-0.2, -0.15) is 0 Å². The first-order valence-electron chi connectivity index (χ1n) is 5.97. The third kappa shape index (κ3) is 4.19. The van der Waals surface area contributed by atoms with Gasteiger partial charge in [0.25, 0.3) is 0 Å². The number of hydrogen-bond acceptors (Lipinski definition) is 3. The molecule has 1 rings (SSSR count). The van der Waals surface area contributed by atoms with Gasteiger partial charge in [0.05, 0.1) is 6.61 Å². The minimum atomic E-state index is 0.0283. The van der Waals surface area contributed by atoms with Crippen LogP contribution in [0, 0.1) is 5.92 Å². The summed E-state index contributed by atoms with van der Waals surface area (Å²) in [5, 5.41) is 0. The van der Waals surface area contributed by atoms with E-state index >= 15 is 0 Å². The molecule has 3 nitrogen and oxygen atoms in total. The van der Waals surface area contributed by atoms with Crippen LogP contribution in [0.4, 0.5) is 0 Å². The second-order valence-electron chi connectivity index (χ2n) is 4.42. The summed E-state index contributed by atoms with van der Waals surface area (Å²) in [6.07, 6.45) is 4.17. The normalized spacial score (nSPS) is 14.5. The van der Waals surface area contributed by atoms with E-state index in [2.05, 4.69) is 18.8 Å². The molecule has 0 aliphatic heterocycles. The average molecular weight is 222 g/mol. The monoisotopic (exact) mass is 222 g/mol. The summed E-state index contributed by atoms with van der Waals surface area (Å²) in [4.78, 5) is 4.23. The van der Waals surface area contributed by atoms with Crippen LogP contribution in [0.15, 0.2) is 18.3 Å². The van der Waals surface area contributed by atoms with E-state index in [-0.39, 0.29) is 6.04 Å². The quantitative estimate of drug-likeness (QED) is 0.805. The lowest BCUT2D eigenvalue weighted by Crippen LogP contribution is -2.10. The zero-order valence-electron chi connectivity index (χ0n) is 10.4. The molecule has 0 aromatic carbocycles. The van der Waals surface area contributed by atoms with Gasteiger partial charge in [0.15, 0.2) is 0 Å². The lowest BCUT2D eigenvalue weighted by molar-refractivity contribution is 0.243. The number of aromatic nitrogens is 1. The summed E-state index contributed by atoms with van der Waals surface area (Å²) in [6, 6.07) is 3.88. The molecule has 0 radical (unpaired) electrons. The number of ether oxygens (including phenoxy) is 1. The van der Waals surface area contributed by atoms with Crippen molar-refractivity contribution in [1.29, 1.82) is 0 Å². The van der Waals surface area contributed by atoms with E-state index in [0.29, 0.717) is 11.8 Å². The lowest BCUT2D eigenvalue weighted by atomic mass is 10.1. The van der Waals surface area contributed by atoms with Crippen molar-refractivity contribution < 1.29 is 4.74 Å². The molecule has 0 fully saturated rings. The zero-order chi connectivity index (χ0) is 12.0. The van der Waals surface area contributed by atoms with Crippen LogP contribution in [0.2, 0.25) is 0 Å². The topological polar surface area (TPSA) is 48.1 Å². The Kier molecular flexibility index (Phi) is 5.26. The van der Waals surface area contributed by atoms with Crippen LogP contribution in [0.1, 0.15) is 45.2 Å². The van der Waals surface area contributed by atoms with E-state index in [0.717, 1.165) is 12.2 Å². The van der Waals surface area contributed by atoms with Crippen molar-refractivity contribution in [1.82, 2.24) is 4.98 Å². The van der Waals surface area contributed by atoms with E-state index < -0.39 is 0 Å². The molecular formula is C13H22N2O. The molecule has 3 heteroatoms. The predicted octanol–water partition coefficient (Wildman–Crippen LogP) is 2.92. The van der Waals surface area contributed by atoms with Gasteiger partial charge in [-0.1, -0.05) is 26.3 Å². The molecule has 1 heterocycles. The van der Waals surface area contributed by atoms with Crippen molar-refractivity contribution in [3.8, 4) is 5.88 Å². The van der Waals surface area contributed by atoms with E-state index in [1.165, 1.54) is 12.8 Å². The fourth-order valence-electron chi connectivity index (χ4n) is 1.55. The Bertz CT molecular complexity index is 295. The first kappa shape index (κ1) is 13.0. The molecule has 0 aliphatic rings. The van der Waals surface area contributed by atoms with E-state index in [1.54, 1.807) is 6.20 Å². The third-order valence-corrected chi connectivity index (χ3v) is 2.58. The third-order valence-electron chi connectivity index (χ3n) is 2.58. The maximum absolute atomic E-state index is 5.74. The molecule has 1 aromatic rings. The zero-order valence-corrected chi connectivity index (χ0v) is 10.4. The number of nitrogens with two attached hydrogens (primary N) is 1. The second kappa shape index (κ2) is 6.48. The molecule has 0 amide bonds. The molecule has 1 unspecified atom stereocenters. The Labute approximate surface area is 98.0 Å². The first-order chi connectivity index (χ1) is 7.63. The van der Waals surface area contributed by atoms with Crippen LogP contribution in [-0.2, 0) is 0 Å². The van der Waals surface area contributed by atoms with Crippen LogP contribution in [0.25, 0.3) is 0 Å². The number of rotatable bonds is 6. The van der Waals surface area contributed by atoms with Crippen LogP contribution in [0.3, 0.4) is 0 Å². The highest BCUT2D eigenvalue weighted by Gasteiger charge is 2.04. The fourth-order valence-corrected chi connectivity index (χ4v) is 1.55. The maximum atomic E-state index is 5.74. The number of pyridine rings is 1. The van der Waals surface area contributed by atoms with E-state index in [4.69, 9.17) is 10.5 Å². The lowest BCUT2D eigenvalue weighted by Gasteiger charge is -2.12. The van der Waals surface area contributed by atoms with Crippen LogP contribution >= 0.6 is 0 Å². The molecule has 0 spiro atoms. The van der Waals surface area contributed by atoms with Crippen molar-refractivity contribution in [2.24, 2.45) is 11.7 Å². The fraction of sp³-hybridized carbons (Fsp3) is 0.615. The molecule has 0 bridgehead atoms. The number of nitrogens with zero attached hydrogens (tertiary/aromatic N) is 1. The van der Waals surface area contributed by atoms with Gasteiger partial charge in [0.2, 0.25) is 5.88 Å². The largest absolute Gasteiger partial charge is 0.477 e. The molecule has 1 aromatic heterocycles. The molecular weight excluding hydrogens is 200 g/mol. The summed E-state index contributed by atoms with van der Waals surface area (Å²) in [7, 11) is 0. The standard InChI is InChI=1S/C13H22N2O/c1-4-5-10(2)9-16-13-7-6-12(8-15-13)11(3)14/h6-8,10-11H,4-5,9,14H2,1-3H3/t10?,11-/m0/s1. The van der Waals surface area contributed by atoms with Crippen molar-refractivity contribution in [3.63, 3.8) is 0 Å². The first-order valence-corrected chi connectivity index (χ1v) is 5.97. The van der Waals surface area contributed by atoms with Gasteiger partial charge < -0.3 is 10.5 Å². The SMILES string of the molecule is CCCC(C)COc1ccc([C@H](C)N)cn1. The van der Waals surface area contributed by atoms with Gasteiger partial charge >= 0.3 is 0 Å². The van der Waals surface area contributed by atoms with Crippen molar-refractivity contribution in [2.75, 3.05) is 6.61 Å². The van der Waals surface area contributed by atoms with Crippen molar-refractivity contribution >= 4 is 0 Å².